The Balaban J connectivity index is 2.04. The first-order valence-electron chi connectivity index (χ1n) is 7.81. The largest absolute Gasteiger partial charge is 0.277 e. The first-order chi connectivity index (χ1) is 14.0. The van der Waals surface area contributed by atoms with Gasteiger partial charge < -0.3 is 0 Å². The maximum atomic E-state index is 13.5. The quantitative estimate of drug-likeness (QED) is 0.504. The molecule has 2 aromatic carbocycles. The van der Waals surface area contributed by atoms with Gasteiger partial charge in [0.2, 0.25) is 0 Å². The standard InChI is InChI=1S/C17H10Cl2FN3O4S3/c18-12-7-15(22-29(24,25)11-3-4-14(20)10(6-11)9-21)16(8-13(12)19)23-30(26,27)17-2-1-5-28-17/h1-8,22-23H. The summed E-state index contributed by atoms with van der Waals surface area (Å²) in [6.45, 7) is 0. The van der Waals surface area contributed by atoms with Gasteiger partial charge in [0, 0.05) is 0 Å². The third-order valence-electron chi connectivity index (χ3n) is 3.68. The number of halogens is 3. The van der Waals surface area contributed by atoms with Crippen LogP contribution < -0.4 is 9.44 Å². The zero-order valence-corrected chi connectivity index (χ0v) is 18.5. The molecule has 0 unspecified atom stereocenters. The van der Waals surface area contributed by atoms with Crippen molar-refractivity contribution >= 4 is 66.0 Å². The van der Waals surface area contributed by atoms with Crippen LogP contribution >= 0.6 is 34.5 Å². The Morgan fingerprint density at radius 2 is 1.53 bits per heavy atom. The first-order valence-corrected chi connectivity index (χ1v) is 12.4. The van der Waals surface area contributed by atoms with E-state index in [4.69, 9.17) is 28.5 Å². The molecular formula is C17H10Cl2FN3O4S3. The summed E-state index contributed by atoms with van der Waals surface area (Å²) in [6.07, 6.45) is 0. The Kier molecular flexibility index (Phi) is 6.26. The van der Waals surface area contributed by atoms with Crippen LogP contribution in [0.3, 0.4) is 0 Å². The van der Waals surface area contributed by atoms with E-state index >= 15 is 0 Å². The molecular weight excluding hydrogens is 496 g/mol. The van der Waals surface area contributed by atoms with Gasteiger partial charge >= 0.3 is 0 Å². The van der Waals surface area contributed by atoms with Gasteiger partial charge in [-0.05, 0) is 41.8 Å². The number of anilines is 2. The molecule has 0 aliphatic rings. The number of hydrogen-bond donors (Lipinski definition) is 2. The highest BCUT2D eigenvalue weighted by atomic mass is 35.5. The molecule has 1 aromatic heterocycles. The number of rotatable bonds is 6. The minimum absolute atomic E-state index is 0.000392. The Hall–Kier alpha value is -2.36. The van der Waals surface area contributed by atoms with Gasteiger partial charge in [-0.15, -0.1) is 11.3 Å². The topological polar surface area (TPSA) is 116 Å². The normalized spacial score (nSPS) is 11.7. The number of sulfonamides is 2. The average Bonchev–Trinajstić information content (AvgIpc) is 3.21. The highest BCUT2D eigenvalue weighted by Gasteiger charge is 2.22. The third kappa shape index (κ3) is 4.69. The number of benzene rings is 2. The van der Waals surface area contributed by atoms with E-state index in [2.05, 4.69) is 9.44 Å². The third-order valence-corrected chi connectivity index (χ3v) is 8.53. The second-order valence-electron chi connectivity index (χ2n) is 5.71. The van der Waals surface area contributed by atoms with Gasteiger partial charge in [-0.25, -0.2) is 21.2 Å². The van der Waals surface area contributed by atoms with Crippen molar-refractivity contribution in [3.8, 4) is 6.07 Å². The van der Waals surface area contributed by atoms with E-state index in [-0.39, 0.29) is 25.6 Å². The molecule has 0 saturated heterocycles. The van der Waals surface area contributed by atoms with Crippen molar-refractivity contribution in [3.63, 3.8) is 0 Å². The van der Waals surface area contributed by atoms with E-state index < -0.39 is 36.3 Å². The number of hydrogen-bond acceptors (Lipinski definition) is 6. The molecule has 7 nitrogen and oxygen atoms in total. The number of nitrogens with one attached hydrogen (secondary N) is 2. The lowest BCUT2D eigenvalue weighted by molar-refractivity contribution is 0.598. The zero-order chi connectivity index (χ0) is 22.1. The van der Waals surface area contributed by atoms with Crippen molar-refractivity contribution in [2.75, 3.05) is 9.44 Å². The van der Waals surface area contributed by atoms with E-state index in [1.54, 1.807) is 17.5 Å². The molecule has 30 heavy (non-hydrogen) atoms. The molecule has 0 fully saturated rings. The summed E-state index contributed by atoms with van der Waals surface area (Å²) in [5.41, 5.74) is -0.859. The van der Waals surface area contributed by atoms with Crippen LogP contribution in [0.1, 0.15) is 5.56 Å². The zero-order valence-electron chi connectivity index (χ0n) is 14.6. The molecule has 2 N–H and O–H groups in total. The molecule has 0 saturated carbocycles. The van der Waals surface area contributed by atoms with Gasteiger partial charge in [0.1, 0.15) is 16.1 Å². The fourth-order valence-corrected chi connectivity index (χ4v) is 5.78. The molecule has 0 aliphatic carbocycles. The lowest BCUT2D eigenvalue weighted by atomic mass is 10.2. The van der Waals surface area contributed by atoms with Crippen molar-refractivity contribution in [1.29, 1.82) is 5.26 Å². The lowest BCUT2D eigenvalue weighted by Gasteiger charge is -2.15. The molecule has 0 aliphatic heterocycles. The van der Waals surface area contributed by atoms with E-state index in [0.717, 1.165) is 41.7 Å². The second kappa shape index (κ2) is 8.41. The fourth-order valence-electron chi connectivity index (χ4n) is 2.29. The molecule has 156 valence electrons. The Morgan fingerprint density at radius 3 is 2.07 bits per heavy atom. The second-order valence-corrected chi connectivity index (χ2v) is 11.1. The summed E-state index contributed by atoms with van der Waals surface area (Å²) in [4.78, 5) is -0.404. The summed E-state index contributed by atoms with van der Waals surface area (Å²) in [5.74, 6) is -0.879. The van der Waals surface area contributed by atoms with E-state index in [1.165, 1.54) is 6.07 Å². The van der Waals surface area contributed by atoms with Crippen LogP contribution in [0.2, 0.25) is 10.0 Å². The van der Waals surface area contributed by atoms with Gasteiger partial charge in [0.15, 0.2) is 0 Å². The van der Waals surface area contributed by atoms with Crippen LogP contribution in [0.15, 0.2) is 56.9 Å². The molecule has 0 atom stereocenters. The molecule has 0 radical (unpaired) electrons. The summed E-state index contributed by atoms with van der Waals surface area (Å²) in [5, 5.41) is 10.4. The molecule has 13 heteroatoms. The maximum Gasteiger partial charge on any atom is 0.271 e. The minimum atomic E-state index is -4.33. The monoisotopic (exact) mass is 505 g/mol. The van der Waals surface area contributed by atoms with Crippen LogP contribution in [-0.2, 0) is 20.0 Å². The average molecular weight is 506 g/mol. The molecule has 3 aromatic rings. The molecule has 0 bridgehead atoms. The van der Waals surface area contributed by atoms with Crippen molar-refractivity contribution < 1.29 is 21.2 Å². The minimum Gasteiger partial charge on any atom is -0.277 e. The highest BCUT2D eigenvalue weighted by Crippen LogP contribution is 2.35. The van der Waals surface area contributed by atoms with Gasteiger partial charge in [0.05, 0.1) is 31.9 Å². The van der Waals surface area contributed by atoms with Gasteiger partial charge in [-0.3, -0.25) is 9.44 Å². The summed E-state index contributed by atoms with van der Waals surface area (Å²) in [7, 11) is -8.35. The van der Waals surface area contributed by atoms with Crippen molar-refractivity contribution in [2.24, 2.45) is 0 Å². The molecule has 1 heterocycles. The lowest BCUT2D eigenvalue weighted by Crippen LogP contribution is -2.17. The van der Waals surface area contributed by atoms with Gasteiger partial charge in [0.25, 0.3) is 20.0 Å². The van der Waals surface area contributed by atoms with Crippen LogP contribution in [0.4, 0.5) is 15.8 Å². The predicted molar refractivity (Wildman–Crippen MR) is 114 cm³/mol. The Morgan fingerprint density at radius 1 is 0.933 bits per heavy atom. The van der Waals surface area contributed by atoms with Gasteiger partial charge in [-0.1, -0.05) is 29.3 Å². The molecule has 3 rings (SSSR count). The summed E-state index contributed by atoms with van der Waals surface area (Å²) in [6, 6.07) is 9.39. The SMILES string of the molecule is N#Cc1cc(S(=O)(=O)Nc2cc(Cl)c(Cl)cc2NS(=O)(=O)c2cccs2)ccc1F. The van der Waals surface area contributed by atoms with Crippen LogP contribution in [-0.4, -0.2) is 16.8 Å². The maximum absolute atomic E-state index is 13.5. The number of nitriles is 1. The summed E-state index contributed by atoms with van der Waals surface area (Å²) >= 11 is 12.9. The van der Waals surface area contributed by atoms with Crippen LogP contribution in [0.5, 0.6) is 0 Å². The highest BCUT2D eigenvalue weighted by molar-refractivity contribution is 7.94. The van der Waals surface area contributed by atoms with E-state index in [9.17, 15) is 21.2 Å². The number of nitrogens with zero attached hydrogens (tertiary/aromatic N) is 1. The number of thiophene rings is 1. The Bertz CT molecular complexity index is 1370. The van der Waals surface area contributed by atoms with Crippen molar-refractivity contribution in [3.05, 3.63) is 69.3 Å². The summed E-state index contributed by atoms with van der Waals surface area (Å²) < 4.78 is 68.5. The Labute approximate surface area is 185 Å². The molecule has 0 amide bonds. The fraction of sp³-hybridized carbons (Fsp3) is 0. The van der Waals surface area contributed by atoms with Crippen molar-refractivity contribution in [2.45, 2.75) is 9.10 Å². The first kappa shape index (κ1) is 22.3. The van der Waals surface area contributed by atoms with E-state index in [0.29, 0.717) is 0 Å². The van der Waals surface area contributed by atoms with Crippen molar-refractivity contribution in [1.82, 2.24) is 0 Å². The van der Waals surface area contributed by atoms with Gasteiger partial charge in [-0.2, -0.15) is 5.26 Å². The smallest absolute Gasteiger partial charge is 0.271 e. The predicted octanol–water partition coefficient (Wildman–Crippen LogP) is 4.67. The van der Waals surface area contributed by atoms with Crippen LogP contribution in [0, 0.1) is 17.1 Å². The molecule has 0 spiro atoms. The van der Waals surface area contributed by atoms with Crippen LogP contribution in [0.25, 0.3) is 0 Å². The van der Waals surface area contributed by atoms with E-state index in [1.807, 2.05) is 0 Å².